The second kappa shape index (κ2) is 11.4. The molecule has 1 aromatic heterocycles. The molecule has 0 aliphatic heterocycles. The molecule has 3 N–H and O–H groups in total. The van der Waals surface area contributed by atoms with Gasteiger partial charge >= 0.3 is 6.03 Å². The van der Waals surface area contributed by atoms with Crippen LogP contribution in [0.25, 0.3) is 11.3 Å². The van der Waals surface area contributed by atoms with Crippen LogP contribution in [0.2, 0.25) is 5.02 Å². The number of carbonyl (C=O) groups excluding carboxylic acids is 2. The number of amides is 3. The van der Waals surface area contributed by atoms with Gasteiger partial charge in [-0.2, -0.15) is 0 Å². The molecule has 0 radical (unpaired) electrons. The molecule has 0 bridgehead atoms. The van der Waals surface area contributed by atoms with E-state index in [0.29, 0.717) is 43.5 Å². The Morgan fingerprint density at radius 3 is 2.54 bits per heavy atom. The zero-order chi connectivity index (χ0) is 25.8. The largest absolute Gasteiger partial charge is 0.340 e. The fourth-order valence-corrected chi connectivity index (χ4v) is 5.65. The van der Waals surface area contributed by atoms with Crippen LogP contribution in [0.1, 0.15) is 43.0 Å². The van der Waals surface area contributed by atoms with Gasteiger partial charge in [0, 0.05) is 38.4 Å². The molecule has 1 aliphatic rings. The van der Waals surface area contributed by atoms with Gasteiger partial charge in [-0.25, -0.2) is 22.6 Å². The van der Waals surface area contributed by atoms with E-state index in [1.165, 1.54) is 12.1 Å². The summed E-state index contributed by atoms with van der Waals surface area (Å²) in [6.45, 7) is 2.39. The molecule has 10 nitrogen and oxygen atoms in total. The zero-order valence-electron chi connectivity index (χ0n) is 19.8. The van der Waals surface area contributed by atoms with Crippen LogP contribution in [-0.2, 0) is 17.1 Å². The molecule has 1 heterocycles. The van der Waals surface area contributed by atoms with Crippen molar-refractivity contribution in [3.63, 3.8) is 0 Å². The Kier molecular flexibility index (Phi) is 8.73. The molecule has 1 aromatic carbocycles. The van der Waals surface area contributed by atoms with Gasteiger partial charge in [-0.05, 0) is 50.7 Å². The Labute approximate surface area is 209 Å². The van der Waals surface area contributed by atoms with E-state index in [-0.39, 0.29) is 28.8 Å². The summed E-state index contributed by atoms with van der Waals surface area (Å²) >= 11 is 5.95. The second-order valence-electron chi connectivity index (χ2n) is 8.70. The molecule has 1 saturated carbocycles. The number of aromatic nitrogens is 2. The minimum absolute atomic E-state index is 0.0484. The summed E-state index contributed by atoms with van der Waals surface area (Å²) in [6.07, 6.45) is 5.84. The van der Waals surface area contributed by atoms with Gasteiger partial charge in [-0.15, -0.1) is 4.83 Å². The molecule has 2 aromatic rings. The van der Waals surface area contributed by atoms with E-state index in [2.05, 4.69) is 20.6 Å². The van der Waals surface area contributed by atoms with Crippen LogP contribution in [0.5, 0.6) is 0 Å². The molecule has 1 aliphatic carbocycles. The first-order valence-corrected chi connectivity index (χ1v) is 13.3. The fourth-order valence-electron chi connectivity index (χ4n) is 4.15. The maximum atomic E-state index is 14.5. The van der Waals surface area contributed by atoms with Crippen molar-refractivity contribution >= 4 is 33.6 Å². The molecule has 13 heteroatoms. The van der Waals surface area contributed by atoms with Crippen LogP contribution in [0.3, 0.4) is 0 Å². The van der Waals surface area contributed by atoms with Crippen molar-refractivity contribution in [2.45, 2.75) is 38.6 Å². The number of benzene rings is 1. The number of rotatable bonds is 8. The minimum Gasteiger partial charge on any atom is -0.340 e. The van der Waals surface area contributed by atoms with Crippen LogP contribution >= 0.6 is 11.6 Å². The number of hydrogen-bond acceptors (Lipinski definition) is 5. The molecule has 1 fully saturated rings. The van der Waals surface area contributed by atoms with Gasteiger partial charge in [0.1, 0.15) is 0 Å². The third kappa shape index (κ3) is 6.92. The lowest BCUT2D eigenvalue weighted by molar-refractivity contribution is 0.0941. The van der Waals surface area contributed by atoms with Gasteiger partial charge in [0.15, 0.2) is 5.82 Å². The summed E-state index contributed by atoms with van der Waals surface area (Å²) in [5.74, 6) is -2.25. The van der Waals surface area contributed by atoms with Gasteiger partial charge in [0.25, 0.3) is 5.91 Å². The molecule has 192 valence electrons. The molecular weight excluding hydrogens is 499 g/mol. The van der Waals surface area contributed by atoms with Crippen LogP contribution in [-0.4, -0.2) is 60.2 Å². The summed E-state index contributed by atoms with van der Waals surface area (Å²) in [5.41, 5.74) is 2.57. The summed E-state index contributed by atoms with van der Waals surface area (Å²) in [7, 11) is -0.379. The van der Waals surface area contributed by atoms with Gasteiger partial charge in [-0.3, -0.25) is 10.2 Å². The van der Waals surface area contributed by atoms with E-state index in [1.807, 2.05) is 6.92 Å². The molecule has 0 spiro atoms. The van der Waals surface area contributed by atoms with E-state index in [4.69, 9.17) is 11.6 Å². The topological polar surface area (TPSA) is 125 Å². The SMILES string of the molecule is CCNC(=O)N(C)C1CCC(CS(=O)(=O)NNC(=O)c2cc(-c3cn(C)cn3)cc(Cl)c2F)CC1. The van der Waals surface area contributed by atoms with Crippen LogP contribution in [0, 0.1) is 11.7 Å². The Morgan fingerprint density at radius 1 is 1.26 bits per heavy atom. The van der Waals surface area contributed by atoms with Gasteiger partial charge in [0.05, 0.1) is 28.4 Å². The van der Waals surface area contributed by atoms with E-state index < -0.39 is 27.3 Å². The van der Waals surface area contributed by atoms with Crippen molar-refractivity contribution in [2.24, 2.45) is 13.0 Å². The average Bonchev–Trinajstić information content (AvgIpc) is 3.25. The fraction of sp³-hybridized carbons (Fsp3) is 0.500. The lowest BCUT2D eigenvalue weighted by Gasteiger charge is -2.34. The summed E-state index contributed by atoms with van der Waals surface area (Å²) in [6, 6.07) is 2.51. The average molecular weight is 529 g/mol. The minimum atomic E-state index is -3.87. The van der Waals surface area contributed by atoms with Crippen molar-refractivity contribution in [1.82, 2.24) is 30.0 Å². The van der Waals surface area contributed by atoms with Crippen molar-refractivity contribution in [1.29, 1.82) is 0 Å². The second-order valence-corrected chi connectivity index (χ2v) is 10.9. The number of halogens is 2. The Balaban J connectivity index is 1.57. The normalized spacial score (nSPS) is 18.2. The number of carbonyl (C=O) groups is 2. The number of nitrogens with zero attached hydrogens (tertiary/aromatic N) is 3. The van der Waals surface area contributed by atoms with Crippen LogP contribution in [0.15, 0.2) is 24.7 Å². The quantitative estimate of drug-likeness (QED) is 0.454. The van der Waals surface area contributed by atoms with Gasteiger partial charge in [-0.1, -0.05) is 11.6 Å². The molecule has 0 saturated heterocycles. The monoisotopic (exact) mass is 528 g/mol. The first-order chi connectivity index (χ1) is 16.5. The number of imidazole rings is 1. The number of hydrazine groups is 1. The van der Waals surface area contributed by atoms with E-state index in [9.17, 15) is 22.4 Å². The maximum absolute atomic E-state index is 14.5. The Morgan fingerprint density at radius 2 is 1.94 bits per heavy atom. The van der Waals surface area contributed by atoms with Crippen molar-refractivity contribution in [2.75, 3.05) is 19.3 Å². The Hall–Kier alpha value is -2.70. The molecular formula is C22H30ClFN6O4S. The van der Waals surface area contributed by atoms with Crippen LogP contribution < -0.4 is 15.6 Å². The highest BCUT2D eigenvalue weighted by Crippen LogP contribution is 2.29. The van der Waals surface area contributed by atoms with Crippen molar-refractivity contribution in [3.05, 3.63) is 41.1 Å². The highest BCUT2D eigenvalue weighted by Gasteiger charge is 2.29. The maximum Gasteiger partial charge on any atom is 0.317 e. The van der Waals surface area contributed by atoms with Gasteiger partial charge < -0.3 is 14.8 Å². The highest BCUT2D eigenvalue weighted by molar-refractivity contribution is 7.89. The van der Waals surface area contributed by atoms with Gasteiger partial charge in [0.2, 0.25) is 10.0 Å². The standard InChI is InChI=1S/C22H30ClFN6O4S/c1-4-25-22(32)30(3)16-7-5-14(6-8-16)12-35(33,34)28-27-21(31)17-9-15(10-18(23)20(17)24)19-11-29(2)13-26-19/h9-11,13-14,16,28H,4-8,12H2,1-3H3,(H,25,32)(H,27,31). The van der Waals surface area contributed by atoms with Crippen molar-refractivity contribution < 1.29 is 22.4 Å². The van der Waals surface area contributed by atoms with E-state index in [1.54, 1.807) is 36.1 Å². The molecule has 35 heavy (non-hydrogen) atoms. The molecule has 0 unspecified atom stereocenters. The predicted octanol–water partition coefficient (Wildman–Crippen LogP) is 2.66. The molecule has 0 atom stereocenters. The lowest BCUT2D eigenvalue weighted by Crippen LogP contribution is -2.46. The predicted molar refractivity (Wildman–Crippen MR) is 131 cm³/mol. The number of urea groups is 1. The van der Waals surface area contributed by atoms with Crippen LogP contribution in [0.4, 0.5) is 9.18 Å². The molecule has 3 rings (SSSR count). The summed E-state index contributed by atoms with van der Waals surface area (Å²) < 4.78 is 41.3. The number of aryl methyl sites for hydroxylation is 1. The van der Waals surface area contributed by atoms with E-state index >= 15 is 0 Å². The highest BCUT2D eigenvalue weighted by atomic mass is 35.5. The smallest absolute Gasteiger partial charge is 0.317 e. The first kappa shape index (κ1) is 26.9. The Bertz CT molecular complexity index is 1180. The first-order valence-electron chi connectivity index (χ1n) is 11.3. The lowest BCUT2D eigenvalue weighted by atomic mass is 9.87. The third-order valence-electron chi connectivity index (χ3n) is 6.06. The van der Waals surface area contributed by atoms with Crippen molar-refractivity contribution in [3.8, 4) is 11.3 Å². The molecule has 3 amide bonds. The summed E-state index contributed by atoms with van der Waals surface area (Å²) in [4.78, 5) is 32.4. The number of sulfonamides is 1. The summed E-state index contributed by atoms with van der Waals surface area (Å²) in [5, 5.41) is 2.47. The van der Waals surface area contributed by atoms with E-state index in [0.717, 1.165) is 0 Å². The number of nitrogens with one attached hydrogen (secondary N) is 3. The number of hydrogen-bond donors (Lipinski definition) is 3. The third-order valence-corrected chi connectivity index (χ3v) is 7.66. The zero-order valence-corrected chi connectivity index (χ0v) is 21.4.